The fourth-order valence-corrected chi connectivity index (χ4v) is 6.60. The van der Waals surface area contributed by atoms with Crippen molar-refractivity contribution in [1.29, 1.82) is 0 Å². The maximum absolute atomic E-state index is 6.86. The number of ether oxygens (including phenoxy) is 1. The number of hydrogen-bond acceptors (Lipinski definition) is 1. The molecule has 0 heterocycles. The first-order valence-electron chi connectivity index (χ1n) is 9.38. The number of rotatable bonds is 2. The first-order valence-corrected chi connectivity index (χ1v) is 9.76. The van der Waals surface area contributed by atoms with Crippen LogP contribution in [0.15, 0.2) is 34.6 Å². The molecule has 4 aliphatic carbocycles. The molecule has 1 fully saturated rings. The van der Waals surface area contributed by atoms with Crippen LogP contribution in [0.1, 0.15) is 59.3 Å². The molecule has 4 rings (SSSR count). The van der Waals surface area contributed by atoms with E-state index < -0.39 is 0 Å². The summed E-state index contributed by atoms with van der Waals surface area (Å²) in [5.41, 5.74) is 2.07. The lowest BCUT2D eigenvalue weighted by Gasteiger charge is -2.56. The van der Waals surface area contributed by atoms with Crippen LogP contribution in [0.2, 0.25) is 0 Å². The second-order valence-electron chi connectivity index (χ2n) is 8.54. The Labute approximate surface area is 145 Å². The molecule has 0 N–H and O–H groups in total. The van der Waals surface area contributed by atoms with Gasteiger partial charge >= 0.3 is 0 Å². The predicted octanol–water partition coefficient (Wildman–Crippen LogP) is 6.21. The molecule has 2 heteroatoms. The fraction of sp³-hybridized carbons (Fsp3) is 0.714. The first kappa shape index (κ1) is 15.8. The Balaban J connectivity index is 1.72. The standard InChI is InChI=1S/C21H29ClO/c1-4-23-14-7-11-21(3)17-8-10-20(2)9-5-6-16(20)15(17)13-19(22)18(21)12-14/h5,9,12,15-17H,4,6-8,10-11,13H2,1-3H3/t15-,16-,17-,20-,21+/m0/s1. The molecule has 0 bridgehead atoms. The zero-order valence-electron chi connectivity index (χ0n) is 14.7. The van der Waals surface area contributed by atoms with Gasteiger partial charge in [0, 0.05) is 11.5 Å². The maximum Gasteiger partial charge on any atom is 0.0963 e. The van der Waals surface area contributed by atoms with Gasteiger partial charge in [0.05, 0.1) is 12.4 Å². The Morgan fingerprint density at radius 3 is 2.87 bits per heavy atom. The average molecular weight is 333 g/mol. The summed E-state index contributed by atoms with van der Waals surface area (Å²) in [5, 5.41) is 1.11. The summed E-state index contributed by atoms with van der Waals surface area (Å²) in [7, 11) is 0. The highest BCUT2D eigenvalue weighted by molar-refractivity contribution is 6.30. The normalized spacial score (nSPS) is 45.2. The van der Waals surface area contributed by atoms with Crippen LogP contribution in [0.5, 0.6) is 0 Å². The van der Waals surface area contributed by atoms with E-state index in [-0.39, 0.29) is 5.41 Å². The van der Waals surface area contributed by atoms with Crippen LogP contribution in [-0.4, -0.2) is 6.61 Å². The predicted molar refractivity (Wildman–Crippen MR) is 96.1 cm³/mol. The van der Waals surface area contributed by atoms with Gasteiger partial charge in [-0.15, -0.1) is 0 Å². The van der Waals surface area contributed by atoms with Crippen LogP contribution in [0, 0.1) is 28.6 Å². The van der Waals surface area contributed by atoms with Gasteiger partial charge in [-0.3, -0.25) is 0 Å². The van der Waals surface area contributed by atoms with E-state index in [1.165, 1.54) is 31.3 Å². The van der Waals surface area contributed by atoms with E-state index in [0.29, 0.717) is 5.41 Å². The fourth-order valence-electron chi connectivity index (χ4n) is 6.15. The minimum atomic E-state index is 0.254. The Bertz CT molecular complexity index is 601. The summed E-state index contributed by atoms with van der Waals surface area (Å²) in [4.78, 5) is 0. The third kappa shape index (κ3) is 2.26. The van der Waals surface area contributed by atoms with E-state index in [9.17, 15) is 0 Å². The lowest BCUT2D eigenvalue weighted by Crippen LogP contribution is -2.48. The van der Waals surface area contributed by atoms with Crippen molar-refractivity contribution >= 4 is 11.6 Å². The maximum atomic E-state index is 6.86. The van der Waals surface area contributed by atoms with Crippen molar-refractivity contribution < 1.29 is 4.74 Å². The van der Waals surface area contributed by atoms with Gasteiger partial charge in [0.25, 0.3) is 0 Å². The Morgan fingerprint density at radius 1 is 1.26 bits per heavy atom. The van der Waals surface area contributed by atoms with Gasteiger partial charge < -0.3 is 4.74 Å². The molecule has 0 aromatic rings. The van der Waals surface area contributed by atoms with Crippen molar-refractivity contribution in [3.05, 3.63) is 34.6 Å². The summed E-state index contributed by atoms with van der Waals surface area (Å²) < 4.78 is 5.80. The topological polar surface area (TPSA) is 9.23 Å². The van der Waals surface area contributed by atoms with Gasteiger partial charge in [0.2, 0.25) is 0 Å². The van der Waals surface area contributed by atoms with Crippen LogP contribution in [0.4, 0.5) is 0 Å². The van der Waals surface area contributed by atoms with E-state index in [1.807, 2.05) is 0 Å². The Morgan fingerprint density at radius 2 is 2.09 bits per heavy atom. The molecule has 0 spiro atoms. The molecule has 5 atom stereocenters. The van der Waals surface area contributed by atoms with Gasteiger partial charge in [-0.25, -0.2) is 0 Å². The molecule has 0 radical (unpaired) electrons. The van der Waals surface area contributed by atoms with Crippen molar-refractivity contribution in [3.8, 4) is 0 Å². The van der Waals surface area contributed by atoms with E-state index in [1.54, 1.807) is 0 Å². The molecule has 0 amide bonds. The molecule has 23 heavy (non-hydrogen) atoms. The summed E-state index contributed by atoms with van der Waals surface area (Å²) in [6, 6.07) is 0. The quantitative estimate of drug-likeness (QED) is 0.546. The molecule has 0 saturated heterocycles. The van der Waals surface area contributed by atoms with Gasteiger partial charge in [0.15, 0.2) is 0 Å². The minimum absolute atomic E-state index is 0.254. The molecule has 1 saturated carbocycles. The molecule has 1 nitrogen and oxygen atoms in total. The first-order chi connectivity index (χ1) is 11.0. The minimum Gasteiger partial charge on any atom is -0.498 e. The van der Waals surface area contributed by atoms with Crippen LogP contribution in [-0.2, 0) is 4.74 Å². The number of halogens is 1. The van der Waals surface area contributed by atoms with Crippen LogP contribution in [0.3, 0.4) is 0 Å². The van der Waals surface area contributed by atoms with E-state index in [4.69, 9.17) is 16.3 Å². The molecule has 0 aliphatic heterocycles. The highest BCUT2D eigenvalue weighted by Crippen LogP contribution is 2.64. The third-order valence-electron chi connectivity index (χ3n) is 7.43. The van der Waals surface area contributed by atoms with Gasteiger partial charge in [-0.05, 0) is 79.3 Å². The number of allylic oxidation sites excluding steroid dienone is 6. The van der Waals surface area contributed by atoms with Crippen molar-refractivity contribution in [1.82, 2.24) is 0 Å². The Hall–Kier alpha value is -0.690. The largest absolute Gasteiger partial charge is 0.498 e. The highest BCUT2D eigenvalue weighted by atomic mass is 35.5. The zero-order chi connectivity index (χ0) is 16.2. The molecule has 126 valence electrons. The lowest BCUT2D eigenvalue weighted by atomic mass is 9.49. The smallest absolute Gasteiger partial charge is 0.0963 e. The summed E-state index contributed by atoms with van der Waals surface area (Å²) in [6.07, 6.45) is 14.5. The van der Waals surface area contributed by atoms with Gasteiger partial charge in [-0.2, -0.15) is 0 Å². The molecular formula is C21H29ClO. The van der Waals surface area contributed by atoms with E-state index in [2.05, 4.69) is 39.0 Å². The SMILES string of the molecule is CCOC1=CC2=C(Cl)C[C@H]3[C@@H]4CC=C[C@@]4(C)CC[C@@H]3[C@@]2(C)CC1. The monoisotopic (exact) mass is 332 g/mol. The second-order valence-corrected chi connectivity index (χ2v) is 9.00. The van der Waals surface area contributed by atoms with Crippen molar-refractivity contribution in [3.63, 3.8) is 0 Å². The summed E-state index contributed by atoms with van der Waals surface area (Å²) in [5.74, 6) is 3.48. The van der Waals surface area contributed by atoms with Crippen LogP contribution < -0.4 is 0 Å². The summed E-state index contributed by atoms with van der Waals surface area (Å²) in [6.45, 7) is 7.77. The van der Waals surface area contributed by atoms with E-state index in [0.717, 1.165) is 48.0 Å². The number of hydrogen-bond donors (Lipinski definition) is 0. The van der Waals surface area contributed by atoms with Crippen molar-refractivity contribution in [2.24, 2.45) is 28.6 Å². The van der Waals surface area contributed by atoms with Crippen LogP contribution >= 0.6 is 11.6 Å². The molecule has 4 aliphatic rings. The van der Waals surface area contributed by atoms with Crippen molar-refractivity contribution in [2.45, 2.75) is 59.3 Å². The molecule has 0 unspecified atom stereocenters. The summed E-state index contributed by atoms with van der Waals surface area (Å²) >= 11 is 6.86. The van der Waals surface area contributed by atoms with Gasteiger partial charge in [-0.1, -0.05) is 37.6 Å². The lowest BCUT2D eigenvalue weighted by molar-refractivity contribution is -0.00931. The second kappa shape index (κ2) is 5.41. The average Bonchev–Trinajstić information content (AvgIpc) is 2.91. The molecule has 0 aromatic carbocycles. The van der Waals surface area contributed by atoms with E-state index >= 15 is 0 Å². The molecular weight excluding hydrogens is 304 g/mol. The van der Waals surface area contributed by atoms with Gasteiger partial charge in [0.1, 0.15) is 0 Å². The Kier molecular flexibility index (Phi) is 3.72. The molecule has 0 aromatic heterocycles. The zero-order valence-corrected chi connectivity index (χ0v) is 15.5. The third-order valence-corrected chi connectivity index (χ3v) is 7.79. The highest BCUT2D eigenvalue weighted by Gasteiger charge is 2.55. The number of fused-ring (bicyclic) bond motifs is 5. The van der Waals surface area contributed by atoms with Crippen LogP contribution in [0.25, 0.3) is 0 Å². The van der Waals surface area contributed by atoms with Crippen molar-refractivity contribution in [2.75, 3.05) is 6.61 Å².